The van der Waals surface area contributed by atoms with Gasteiger partial charge in [-0.2, -0.15) is 13.2 Å². The van der Waals surface area contributed by atoms with Crippen molar-refractivity contribution in [2.75, 3.05) is 13.7 Å². The van der Waals surface area contributed by atoms with Crippen LogP contribution in [0.3, 0.4) is 0 Å². The minimum Gasteiger partial charge on any atom is -0.383 e. The Hall–Kier alpha value is -3.72. The van der Waals surface area contributed by atoms with Gasteiger partial charge in [-0.1, -0.05) is 0 Å². The van der Waals surface area contributed by atoms with E-state index in [2.05, 4.69) is 10.3 Å². The van der Waals surface area contributed by atoms with Crippen LogP contribution in [0.2, 0.25) is 0 Å². The van der Waals surface area contributed by atoms with Crippen molar-refractivity contribution in [1.29, 1.82) is 0 Å². The van der Waals surface area contributed by atoms with Crippen LogP contribution in [0.5, 0.6) is 0 Å². The molecule has 2 aromatic carbocycles. The van der Waals surface area contributed by atoms with Gasteiger partial charge in [0.25, 0.3) is 11.5 Å². The smallest absolute Gasteiger partial charge is 0.383 e. The number of carbonyl (C=O) groups is 1. The maximum absolute atomic E-state index is 13.3. The number of amides is 1. The van der Waals surface area contributed by atoms with E-state index >= 15 is 0 Å². The fraction of sp³-hybridized carbons (Fsp3) is 0.208. The second-order valence-electron chi connectivity index (χ2n) is 7.67. The van der Waals surface area contributed by atoms with E-state index in [4.69, 9.17) is 4.74 Å². The number of aromatic nitrogens is 2. The summed E-state index contributed by atoms with van der Waals surface area (Å²) in [5.41, 5.74) is -0.110. The molecule has 2 aromatic heterocycles. The first kappa shape index (κ1) is 22.5. The van der Waals surface area contributed by atoms with Gasteiger partial charge in [0.1, 0.15) is 0 Å². The van der Waals surface area contributed by atoms with Gasteiger partial charge < -0.3 is 10.1 Å². The Morgan fingerprint density at radius 2 is 1.82 bits per heavy atom. The van der Waals surface area contributed by atoms with E-state index in [0.29, 0.717) is 33.8 Å². The molecule has 1 amide bonds. The van der Waals surface area contributed by atoms with Crippen molar-refractivity contribution in [2.24, 2.45) is 0 Å². The van der Waals surface area contributed by atoms with Crippen LogP contribution in [-0.2, 0) is 10.9 Å². The molecule has 0 fully saturated rings. The van der Waals surface area contributed by atoms with Crippen LogP contribution in [0, 0.1) is 0 Å². The molecule has 6 nitrogen and oxygen atoms in total. The fourth-order valence-electron chi connectivity index (χ4n) is 3.77. The number of ether oxygens (including phenoxy) is 1. The first-order chi connectivity index (χ1) is 15.7. The van der Waals surface area contributed by atoms with Crippen molar-refractivity contribution in [3.05, 3.63) is 82.4 Å². The van der Waals surface area contributed by atoms with Gasteiger partial charge in [0.05, 0.1) is 23.1 Å². The Balaban J connectivity index is 1.91. The van der Waals surface area contributed by atoms with Crippen molar-refractivity contribution >= 4 is 27.6 Å². The number of alkyl halides is 3. The number of hydrogen-bond acceptors (Lipinski definition) is 4. The van der Waals surface area contributed by atoms with Crippen molar-refractivity contribution < 1.29 is 22.7 Å². The predicted molar refractivity (Wildman–Crippen MR) is 119 cm³/mol. The molecule has 4 rings (SSSR count). The topological polar surface area (TPSA) is 73.2 Å². The molecular weight excluding hydrogens is 435 g/mol. The van der Waals surface area contributed by atoms with Gasteiger partial charge in [-0.15, -0.1) is 0 Å². The Morgan fingerprint density at radius 3 is 2.48 bits per heavy atom. The molecule has 0 aliphatic heterocycles. The normalized spacial score (nSPS) is 12.8. The van der Waals surface area contributed by atoms with E-state index in [1.807, 2.05) is 6.92 Å². The molecule has 4 aromatic rings. The summed E-state index contributed by atoms with van der Waals surface area (Å²) in [7, 11) is 1.54. The molecule has 0 saturated heterocycles. The zero-order valence-corrected chi connectivity index (χ0v) is 17.8. The summed E-state index contributed by atoms with van der Waals surface area (Å²) in [6.07, 6.45) is -1.48. The highest BCUT2D eigenvalue weighted by Crippen LogP contribution is 2.31. The van der Waals surface area contributed by atoms with Crippen LogP contribution in [0.15, 0.2) is 65.7 Å². The zero-order valence-electron chi connectivity index (χ0n) is 17.8. The summed E-state index contributed by atoms with van der Waals surface area (Å²) < 4.78 is 45.4. The molecule has 1 atom stereocenters. The highest BCUT2D eigenvalue weighted by Gasteiger charge is 2.30. The van der Waals surface area contributed by atoms with Gasteiger partial charge in [0.2, 0.25) is 0 Å². The zero-order chi connectivity index (χ0) is 23.8. The molecule has 0 radical (unpaired) electrons. The average molecular weight is 455 g/mol. The van der Waals surface area contributed by atoms with Crippen LogP contribution >= 0.6 is 0 Å². The molecule has 170 valence electrons. The Morgan fingerprint density at radius 1 is 1.09 bits per heavy atom. The van der Waals surface area contributed by atoms with Crippen LogP contribution < -0.4 is 10.9 Å². The molecule has 0 spiro atoms. The van der Waals surface area contributed by atoms with E-state index in [1.165, 1.54) is 29.1 Å². The van der Waals surface area contributed by atoms with Crippen molar-refractivity contribution in [3.8, 4) is 5.69 Å². The summed E-state index contributed by atoms with van der Waals surface area (Å²) in [4.78, 5) is 30.1. The first-order valence-corrected chi connectivity index (χ1v) is 10.1. The van der Waals surface area contributed by atoms with Gasteiger partial charge in [-0.3, -0.25) is 19.1 Å². The second kappa shape index (κ2) is 8.67. The number of halogens is 3. The molecule has 0 aliphatic rings. The second-order valence-corrected chi connectivity index (χ2v) is 7.67. The lowest BCUT2D eigenvalue weighted by Crippen LogP contribution is -2.35. The number of carbonyl (C=O) groups excluding carboxylic acids is 1. The number of fused-ring (bicyclic) bond motifs is 3. The molecular formula is C24H20F3N3O3. The summed E-state index contributed by atoms with van der Waals surface area (Å²) in [6.45, 7) is 2.16. The number of hydrogen-bond donors (Lipinski definition) is 1. The molecule has 9 heteroatoms. The lowest BCUT2D eigenvalue weighted by Gasteiger charge is -2.16. The summed E-state index contributed by atoms with van der Waals surface area (Å²) in [6, 6.07) is 10.5. The maximum atomic E-state index is 13.3. The molecule has 2 heterocycles. The highest BCUT2D eigenvalue weighted by molar-refractivity contribution is 6.08. The Bertz CT molecular complexity index is 1400. The molecule has 0 saturated carbocycles. The van der Waals surface area contributed by atoms with Crippen LogP contribution in [0.25, 0.3) is 27.4 Å². The average Bonchev–Trinajstić information content (AvgIpc) is 2.79. The molecule has 33 heavy (non-hydrogen) atoms. The van der Waals surface area contributed by atoms with Gasteiger partial charge in [0.15, 0.2) is 0 Å². The largest absolute Gasteiger partial charge is 0.416 e. The number of rotatable bonds is 5. The summed E-state index contributed by atoms with van der Waals surface area (Å²) >= 11 is 0. The molecule has 0 bridgehead atoms. The van der Waals surface area contributed by atoms with Gasteiger partial charge >= 0.3 is 6.18 Å². The summed E-state index contributed by atoms with van der Waals surface area (Å²) in [5.74, 6) is -0.314. The number of nitrogens with one attached hydrogen (secondary N) is 1. The SMILES string of the molecule is COC[C@@H](C)NC(=O)c1ccc2c(c1)c1cnccc1c(=O)n2-c1ccc(C(F)(F)F)cc1. The number of benzene rings is 2. The molecule has 1 N–H and O–H groups in total. The van der Waals surface area contributed by atoms with Gasteiger partial charge in [0, 0.05) is 47.6 Å². The fourth-order valence-corrected chi connectivity index (χ4v) is 3.77. The van der Waals surface area contributed by atoms with E-state index < -0.39 is 17.3 Å². The maximum Gasteiger partial charge on any atom is 0.416 e. The first-order valence-electron chi connectivity index (χ1n) is 10.1. The van der Waals surface area contributed by atoms with Crippen molar-refractivity contribution in [3.63, 3.8) is 0 Å². The lowest BCUT2D eigenvalue weighted by molar-refractivity contribution is -0.137. The minimum absolute atomic E-state index is 0.210. The third kappa shape index (κ3) is 4.31. The van der Waals surface area contributed by atoms with Crippen LogP contribution in [0.1, 0.15) is 22.8 Å². The quantitative estimate of drug-likeness (QED) is 0.455. The minimum atomic E-state index is -4.48. The molecule has 0 unspecified atom stereocenters. The lowest BCUT2D eigenvalue weighted by atomic mass is 10.0. The van der Waals surface area contributed by atoms with Crippen LogP contribution in [0.4, 0.5) is 13.2 Å². The number of methoxy groups -OCH3 is 1. The Labute approximate surface area is 186 Å². The Kier molecular flexibility index (Phi) is 5.90. The van der Waals surface area contributed by atoms with Crippen LogP contribution in [-0.4, -0.2) is 35.2 Å². The molecule has 0 aliphatic carbocycles. The van der Waals surface area contributed by atoms with Crippen molar-refractivity contribution in [1.82, 2.24) is 14.9 Å². The number of pyridine rings is 2. The summed E-state index contributed by atoms with van der Waals surface area (Å²) in [5, 5.41) is 4.28. The van der Waals surface area contributed by atoms with E-state index in [9.17, 15) is 22.8 Å². The standard InChI is InChI=1S/C24H20F3N3O3/c1-14(13-33-2)29-22(31)15-3-8-21-19(11-15)20-12-28-10-9-18(20)23(32)30(21)17-6-4-16(5-7-17)24(25,26)27/h3-12,14H,13H2,1-2H3,(H,29,31)/t14-/m1/s1. The van der Waals surface area contributed by atoms with Gasteiger partial charge in [-0.25, -0.2) is 0 Å². The third-order valence-electron chi connectivity index (χ3n) is 5.29. The van der Waals surface area contributed by atoms with Gasteiger partial charge in [-0.05, 0) is 55.5 Å². The van der Waals surface area contributed by atoms with E-state index in [1.54, 1.807) is 31.4 Å². The van der Waals surface area contributed by atoms with Crippen molar-refractivity contribution in [2.45, 2.75) is 19.1 Å². The highest BCUT2D eigenvalue weighted by atomic mass is 19.4. The number of nitrogens with zero attached hydrogens (tertiary/aromatic N) is 2. The van der Waals surface area contributed by atoms with E-state index in [0.717, 1.165) is 12.1 Å². The van der Waals surface area contributed by atoms with E-state index in [-0.39, 0.29) is 17.6 Å². The monoisotopic (exact) mass is 455 g/mol. The third-order valence-corrected chi connectivity index (χ3v) is 5.29. The predicted octanol–water partition coefficient (Wildman–Crippen LogP) is 4.32.